The molecule has 1 aromatic rings. The Balaban J connectivity index is 2.89. The number of aromatic nitrogens is 1. The number of aromatic hydroxyl groups is 1. The lowest BCUT2D eigenvalue weighted by Crippen LogP contribution is -1.84. The van der Waals surface area contributed by atoms with Crippen molar-refractivity contribution in [3.8, 4) is 5.75 Å². The van der Waals surface area contributed by atoms with Crippen molar-refractivity contribution in [1.29, 1.82) is 0 Å². The zero-order valence-corrected chi connectivity index (χ0v) is 5.65. The molecule has 0 aliphatic heterocycles. The van der Waals surface area contributed by atoms with Crippen molar-refractivity contribution in [1.82, 2.24) is 4.98 Å². The number of rotatable bonds is 1. The molecule has 1 rings (SSSR count). The van der Waals surface area contributed by atoms with Crippen LogP contribution in [0.1, 0.15) is 5.69 Å². The predicted octanol–water partition coefficient (Wildman–Crippen LogP) is 0.836. The van der Waals surface area contributed by atoms with Gasteiger partial charge in [0.15, 0.2) is 0 Å². The molecule has 0 radical (unpaired) electrons. The number of nitrogens with zero attached hydrogens (tertiary/aromatic N) is 2. The Bertz CT molecular complexity index is 228. The van der Waals surface area contributed by atoms with Gasteiger partial charge in [-0.2, -0.15) is 0 Å². The van der Waals surface area contributed by atoms with Crippen molar-refractivity contribution >= 4 is 6.21 Å². The summed E-state index contributed by atoms with van der Waals surface area (Å²) >= 11 is 0. The predicted molar refractivity (Wildman–Crippen MR) is 39.4 cm³/mol. The summed E-state index contributed by atoms with van der Waals surface area (Å²) in [5.41, 5.74) is 0.750. The molecule has 3 nitrogen and oxygen atoms in total. The molecule has 1 heterocycles. The molecule has 0 saturated heterocycles. The van der Waals surface area contributed by atoms with Gasteiger partial charge in [-0.05, 0) is 12.1 Å². The minimum absolute atomic E-state index is 0.174. The maximum absolute atomic E-state index is 8.82. The average Bonchev–Trinajstić information content (AvgIpc) is 1.95. The molecule has 52 valence electrons. The summed E-state index contributed by atoms with van der Waals surface area (Å²) in [4.78, 5) is 7.64. The summed E-state index contributed by atoms with van der Waals surface area (Å²) in [5, 5.41) is 8.82. The molecule has 1 N–H and O–H groups in total. The Kier molecular flexibility index (Phi) is 1.99. The monoisotopic (exact) mass is 136 g/mol. The van der Waals surface area contributed by atoms with Gasteiger partial charge in [-0.15, -0.1) is 0 Å². The second-order valence-corrected chi connectivity index (χ2v) is 1.83. The highest BCUT2D eigenvalue weighted by atomic mass is 16.3. The Labute approximate surface area is 59.1 Å². The first-order valence-corrected chi connectivity index (χ1v) is 2.90. The highest BCUT2D eigenvalue weighted by Crippen LogP contribution is 2.03. The summed E-state index contributed by atoms with van der Waals surface area (Å²) in [7, 11) is 1.68. The molecular formula is C7H8N2O. The van der Waals surface area contributed by atoms with E-state index in [1.54, 1.807) is 25.4 Å². The first kappa shape index (κ1) is 6.74. The molecule has 0 atom stereocenters. The fourth-order valence-corrected chi connectivity index (χ4v) is 0.606. The molecule has 0 aliphatic rings. The van der Waals surface area contributed by atoms with Crippen LogP contribution in [0.4, 0.5) is 0 Å². The lowest BCUT2D eigenvalue weighted by molar-refractivity contribution is 0.472. The maximum Gasteiger partial charge on any atom is 0.133 e. The molecular weight excluding hydrogens is 128 g/mol. The van der Waals surface area contributed by atoms with Crippen molar-refractivity contribution in [2.24, 2.45) is 4.99 Å². The van der Waals surface area contributed by atoms with Crippen LogP contribution >= 0.6 is 0 Å². The minimum atomic E-state index is 0.174. The van der Waals surface area contributed by atoms with Crippen molar-refractivity contribution in [3.05, 3.63) is 24.0 Å². The van der Waals surface area contributed by atoms with Gasteiger partial charge in [-0.25, -0.2) is 0 Å². The molecule has 3 heteroatoms. The van der Waals surface area contributed by atoms with Crippen LogP contribution in [-0.2, 0) is 0 Å². The summed E-state index contributed by atoms with van der Waals surface area (Å²) in [5.74, 6) is 0.174. The lowest BCUT2D eigenvalue weighted by Gasteiger charge is -1.90. The smallest absolute Gasteiger partial charge is 0.133 e. The zero-order chi connectivity index (χ0) is 7.40. The SMILES string of the molecule is C/N=C/c1ccc(O)cn1. The van der Waals surface area contributed by atoms with E-state index in [2.05, 4.69) is 9.98 Å². The van der Waals surface area contributed by atoms with E-state index < -0.39 is 0 Å². The van der Waals surface area contributed by atoms with Crippen LogP contribution in [0.3, 0.4) is 0 Å². The van der Waals surface area contributed by atoms with Gasteiger partial charge in [0.2, 0.25) is 0 Å². The molecule has 0 bridgehead atoms. The molecule has 0 unspecified atom stereocenters. The van der Waals surface area contributed by atoms with E-state index in [9.17, 15) is 0 Å². The maximum atomic E-state index is 8.82. The van der Waals surface area contributed by atoms with E-state index in [0.717, 1.165) is 5.69 Å². The van der Waals surface area contributed by atoms with E-state index in [0.29, 0.717) is 0 Å². The van der Waals surface area contributed by atoms with Crippen molar-refractivity contribution in [3.63, 3.8) is 0 Å². The van der Waals surface area contributed by atoms with E-state index in [1.807, 2.05) is 0 Å². The summed E-state index contributed by atoms with van der Waals surface area (Å²) in [6.45, 7) is 0. The van der Waals surface area contributed by atoms with E-state index >= 15 is 0 Å². The summed E-state index contributed by atoms with van der Waals surface area (Å²) < 4.78 is 0. The highest BCUT2D eigenvalue weighted by Gasteiger charge is 1.87. The first-order chi connectivity index (χ1) is 4.83. The molecule has 0 aromatic carbocycles. The van der Waals surface area contributed by atoms with Crippen molar-refractivity contribution in [2.45, 2.75) is 0 Å². The highest BCUT2D eigenvalue weighted by molar-refractivity contribution is 5.76. The van der Waals surface area contributed by atoms with Crippen molar-refractivity contribution in [2.75, 3.05) is 7.05 Å². The Hall–Kier alpha value is -1.38. The Morgan fingerprint density at radius 2 is 2.40 bits per heavy atom. The molecule has 0 fully saturated rings. The van der Waals surface area contributed by atoms with Crippen LogP contribution in [-0.4, -0.2) is 23.4 Å². The van der Waals surface area contributed by atoms with Gasteiger partial charge >= 0.3 is 0 Å². The second-order valence-electron chi connectivity index (χ2n) is 1.83. The van der Waals surface area contributed by atoms with E-state index in [1.165, 1.54) is 6.20 Å². The summed E-state index contributed by atoms with van der Waals surface area (Å²) in [6, 6.07) is 3.27. The van der Waals surface area contributed by atoms with Crippen LogP contribution in [0.2, 0.25) is 0 Å². The van der Waals surface area contributed by atoms with Gasteiger partial charge in [0.05, 0.1) is 11.9 Å². The van der Waals surface area contributed by atoms with Gasteiger partial charge < -0.3 is 5.11 Å². The third-order valence-electron chi connectivity index (χ3n) is 1.03. The fraction of sp³-hybridized carbons (Fsp3) is 0.143. The summed E-state index contributed by atoms with van der Waals surface area (Å²) in [6.07, 6.45) is 3.01. The van der Waals surface area contributed by atoms with Gasteiger partial charge in [0, 0.05) is 13.3 Å². The number of hydrogen-bond donors (Lipinski definition) is 1. The average molecular weight is 136 g/mol. The van der Waals surface area contributed by atoms with Gasteiger partial charge in [0.1, 0.15) is 5.75 Å². The van der Waals surface area contributed by atoms with Gasteiger partial charge in [-0.1, -0.05) is 0 Å². The molecule has 0 aliphatic carbocycles. The molecule has 0 saturated carbocycles. The van der Waals surface area contributed by atoms with Crippen LogP contribution in [0.25, 0.3) is 0 Å². The minimum Gasteiger partial charge on any atom is -0.506 e. The van der Waals surface area contributed by atoms with Gasteiger partial charge in [0.25, 0.3) is 0 Å². The van der Waals surface area contributed by atoms with Crippen LogP contribution in [0, 0.1) is 0 Å². The Morgan fingerprint density at radius 1 is 1.60 bits per heavy atom. The standard InChI is InChI=1S/C7H8N2O/c1-8-4-6-2-3-7(10)5-9-6/h2-5,10H,1H3/b8-4+. The third-order valence-corrected chi connectivity index (χ3v) is 1.03. The number of pyridine rings is 1. The van der Waals surface area contributed by atoms with Crippen molar-refractivity contribution < 1.29 is 5.11 Å². The van der Waals surface area contributed by atoms with Crippen LogP contribution in [0.5, 0.6) is 5.75 Å². The topological polar surface area (TPSA) is 45.5 Å². The number of hydrogen-bond acceptors (Lipinski definition) is 3. The third kappa shape index (κ3) is 1.55. The molecule has 0 amide bonds. The van der Waals surface area contributed by atoms with E-state index in [-0.39, 0.29) is 5.75 Å². The number of aliphatic imine (C=N–C) groups is 1. The van der Waals surface area contributed by atoms with Crippen LogP contribution in [0.15, 0.2) is 23.3 Å². The quantitative estimate of drug-likeness (QED) is 0.581. The zero-order valence-electron chi connectivity index (χ0n) is 5.65. The second kappa shape index (κ2) is 2.96. The largest absolute Gasteiger partial charge is 0.506 e. The van der Waals surface area contributed by atoms with Gasteiger partial charge in [-0.3, -0.25) is 9.98 Å². The van der Waals surface area contributed by atoms with E-state index in [4.69, 9.17) is 5.11 Å². The lowest BCUT2D eigenvalue weighted by atomic mass is 10.4. The molecule has 1 aromatic heterocycles. The molecule has 0 spiro atoms. The molecule has 10 heavy (non-hydrogen) atoms. The normalized spacial score (nSPS) is 10.5. The van der Waals surface area contributed by atoms with Crippen LogP contribution < -0.4 is 0 Å². The first-order valence-electron chi connectivity index (χ1n) is 2.90. The fourth-order valence-electron chi connectivity index (χ4n) is 0.606. The Morgan fingerprint density at radius 3 is 2.90 bits per heavy atom.